The summed E-state index contributed by atoms with van der Waals surface area (Å²) in [6.45, 7) is 2.04. The highest BCUT2D eigenvalue weighted by Crippen LogP contribution is 2.27. The Balaban J connectivity index is 2.28. The monoisotopic (exact) mass is 255 g/mol. The van der Waals surface area contributed by atoms with Crippen molar-refractivity contribution in [1.82, 2.24) is 9.55 Å². The zero-order valence-corrected chi connectivity index (χ0v) is 10.8. The minimum atomic E-state index is -0.415. The third kappa shape index (κ3) is 1.76. The quantitative estimate of drug-likeness (QED) is 0.678. The molecule has 0 radical (unpaired) electrons. The number of hydrogen-bond donors (Lipinski definition) is 1. The molecule has 3 nitrogen and oxygen atoms in total. The molecule has 0 saturated heterocycles. The standard InChI is InChI=1S/C15H14FN3/c1-9-4-3-5-13-14(9)19(2)15(18-13)10-6-7-12(17)11(16)8-10/h3-8H,17H2,1-2H3. The molecule has 3 rings (SSSR count). The average Bonchev–Trinajstić information content (AvgIpc) is 2.72. The highest BCUT2D eigenvalue weighted by atomic mass is 19.1. The molecule has 0 aliphatic heterocycles. The molecule has 19 heavy (non-hydrogen) atoms. The third-order valence-electron chi connectivity index (χ3n) is 3.35. The van der Waals surface area contributed by atoms with Gasteiger partial charge in [0.15, 0.2) is 0 Å². The van der Waals surface area contributed by atoms with Gasteiger partial charge in [0.2, 0.25) is 0 Å². The molecule has 0 spiro atoms. The van der Waals surface area contributed by atoms with Crippen molar-refractivity contribution in [2.45, 2.75) is 6.92 Å². The molecule has 0 unspecified atom stereocenters. The molecule has 0 aliphatic rings. The first-order valence-electron chi connectivity index (χ1n) is 6.05. The minimum Gasteiger partial charge on any atom is -0.396 e. The summed E-state index contributed by atoms with van der Waals surface area (Å²) in [7, 11) is 1.94. The number of rotatable bonds is 1. The largest absolute Gasteiger partial charge is 0.396 e. The van der Waals surface area contributed by atoms with E-state index in [-0.39, 0.29) is 5.69 Å². The summed E-state index contributed by atoms with van der Waals surface area (Å²) in [5.41, 5.74) is 9.50. The van der Waals surface area contributed by atoms with E-state index in [2.05, 4.69) is 4.98 Å². The molecule has 1 aromatic heterocycles. The molecule has 4 heteroatoms. The molecule has 0 bridgehead atoms. The van der Waals surface area contributed by atoms with E-state index in [1.54, 1.807) is 12.1 Å². The molecule has 3 aromatic rings. The molecule has 96 valence electrons. The van der Waals surface area contributed by atoms with Gasteiger partial charge in [-0.1, -0.05) is 12.1 Å². The van der Waals surface area contributed by atoms with Gasteiger partial charge in [-0.25, -0.2) is 9.37 Å². The van der Waals surface area contributed by atoms with Crippen LogP contribution in [0.2, 0.25) is 0 Å². The first-order valence-corrected chi connectivity index (χ1v) is 6.05. The first-order chi connectivity index (χ1) is 9.08. The Morgan fingerprint density at radius 3 is 2.68 bits per heavy atom. The van der Waals surface area contributed by atoms with Crippen LogP contribution in [0.3, 0.4) is 0 Å². The Labute approximate surface area is 110 Å². The molecule has 1 heterocycles. The van der Waals surface area contributed by atoms with Crippen LogP contribution in [0.4, 0.5) is 10.1 Å². The molecule has 0 saturated carbocycles. The van der Waals surface area contributed by atoms with E-state index in [1.807, 2.05) is 36.7 Å². The van der Waals surface area contributed by atoms with Gasteiger partial charge >= 0.3 is 0 Å². The summed E-state index contributed by atoms with van der Waals surface area (Å²) in [4.78, 5) is 4.57. The zero-order chi connectivity index (χ0) is 13.6. The van der Waals surface area contributed by atoms with Crippen molar-refractivity contribution in [3.63, 3.8) is 0 Å². The number of imidazole rings is 1. The van der Waals surface area contributed by atoms with Gasteiger partial charge in [-0.15, -0.1) is 0 Å². The fraction of sp³-hybridized carbons (Fsp3) is 0.133. The predicted molar refractivity (Wildman–Crippen MR) is 75.3 cm³/mol. The lowest BCUT2D eigenvalue weighted by Crippen LogP contribution is -1.96. The average molecular weight is 255 g/mol. The van der Waals surface area contributed by atoms with Gasteiger partial charge in [-0.05, 0) is 36.8 Å². The summed E-state index contributed by atoms with van der Waals surface area (Å²) in [5, 5.41) is 0. The third-order valence-corrected chi connectivity index (χ3v) is 3.35. The van der Waals surface area contributed by atoms with E-state index in [4.69, 9.17) is 5.73 Å². The van der Waals surface area contributed by atoms with Crippen LogP contribution in [-0.4, -0.2) is 9.55 Å². The summed E-state index contributed by atoms with van der Waals surface area (Å²) >= 11 is 0. The Kier molecular flexibility index (Phi) is 2.52. The number of fused-ring (bicyclic) bond motifs is 1. The van der Waals surface area contributed by atoms with Crippen molar-refractivity contribution in [1.29, 1.82) is 0 Å². The van der Waals surface area contributed by atoms with Crippen molar-refractivity contribution in [3.8, 4) is 11.4 Å². The molecule has 2 N–H and O–H groups in total. The number of para-hydroxylation sites is 1. The topological polar surface area (TPSA) is 43.8 Å². The lowest BCUT2D eigenvalue weighted by Gasteiger charge is -2.05. The van der Waals surface area contributed by atoms with Crippen molar-refractivity contribution in [2.75, 3.05) is 5.73 Å². The Hall–Kier alpha value is -2.36. The van der Waals surface area contributed by atoms with Crippen LogP contribution in [0.25, 0.3) is 22.4 Å². The normalized spacial score (nSPS) is 11.1. The number of nitrogens with zero attached hydrogens (tertiary/aromatic N) is 2. The van der Waals surface area contributed by atoms with Gasteiger partial charge in [0, 0.05) is 12.6 Å². The number of aryl methyl sites for hydroxylation is 2. The number of benzene rings is 2. The molecule has 0 atom stereocenters. The lowest BCUT2D eigenvalue weighted by molar-refractivity contribution is 0.633. The van der Waals surface area contributed by atoms with Crippen LogP contribution in [0.15, 0.2) is 36.4 Å². The predicted octanol–water partition coefficient (Wildman–Crippen LogP) is 3.27. The smallest absolute Gasteiger partial charge is 0.146 e. The maximum Gasteiger partial charge on any atom is 0.146 e. The SMILES string of the molecule is Cc1cccc2nc(-c3ccc(N)c(F)c3)n(C)c12. The fourth-order valence-corrected chi connectivity index (χ4v) is 2.39. The highest BCUT2D eigenvalue weighted by Gasteiger charge is 2.12. The lowest BCUT2D eigenvalue weighted by atomic mass is 10.2. The minimum absolute atomic E-state index is 0.152. The van der Waals surface area contributed by atoms with Crippen LogP contribution in [-0.2, 0) is 7.05 Å². The van der Waals surface area contributed by atoms with Gasteiger partial charge in [0.1, 0.15) is 11.6 Å². The van der Waals surface area contributed by atoms with E-state index in [1.165, 1.54) is 6.07 Å². The Morgan fingerprint density at radius 2 is 2.00 bits per heavy atom. The molecule has 2 aromatic carbocycles. The van der Waals surface area contributed by atoms with E-state index >= 15 is 0 Å². The second-order valence-electron chi connectivity index (χ2n) is 4.67. The van der Waals surface area contributed by atoms with Crippen LogP contribution in [0.5, 0.6) is 0 Å². The van der Waals surface area contributed by atoms with Gasteiger partial charge in [0.05, 0.1) is 16.7 Å². The molecular weight excluding hydrogens is 241 g/mol. The summed E-state index contributed by atoms with van der Waals surface area (Å²) in [6, 6.07) is 10.7. The van der Waals surface area contributed by atoms with E-state index < -0.39 is 5.82 Å². The van der Waals surface area contributed by atoms with Crippen LogP contribution in [0.1, 0.15) is 5.56 Å². The van der Waals surface area contributed by atoms with Crippen LogP contribution < -0.4 is 5.73 Å². The Morgan fingerprint density at radius 1 is 1.21 bits per heavy atom. The number of anilines is 1. The second kappa shape index (κ2) is 4.09. The Bertz CT molecular complexity index is 774. The molecular formula is C15H14FN3. The fourth-order valence-electron chi connectivity index (χ4n) is 2.39. The second-order valence-corrected chi connectivity index (χ2v) is 4.67. The van der Waals surface area contributed by atoms with Crippen molar-refractivity contribution >= 4 is 16.7 Å². The number of hydrogen-bond acceptors (Lipinski definition) is 2. The summed E-state index contributed by atoms with van der Waals surface area (Å²) < 4.78 is 15.6. The zero-order valence-electron chi connectivity index (χ0n) is 10.8. The van der Waals surface area contributed by atoms with Gasteiger partial charge < -0.3 is 10.3 Å². The van der Waals surface area contributed by atoms with Crippen molar-refractivity contribution in [3.05, 3.63) is 47.8 Å². The van der Waals surface area contributed by atoms with E-state index in [0.717, 1.165) is 28.0 Å². The summed E-state index contributed by atoms with van der Waals surface area (Å²) in [5.74, 6) is 0.324. The van der Waals surface area contributed by atoms with Crippen LogP contribution >= 0.6 is 0 Å². The highest BCUT2D eigenvalue weighted by molar-refractivity contribution is 5.83. The van der Waals surface area contributed by atoms with Gasteiger partial charge in [0.25, 0.3) is 0 Å². The van der Waals surface area contributed by atoms with Crippen molar-refractivity contribution < 1.29 is 4.39 Å². The maximum absolute atomic E-state index is 13.6. The molecule has 0 fully saturated rings. The van der Waals surface area contributed by atoms with Crippen LogP contribution in [0, 0.1) is 12.7 Å². The summed E-state index contributed by atoms with van der Waals surface area (Å²) in [6.07, 6.45) is 0. The van der Waals surface area contributed by atoms with Gasteiger partial charge in [-0.3, -0.25) is 0 Å². The van der Waals surface area contributed by atoms with Crippen molar-refractivity contribution in [2.24, 2.45) is 7.05 Å². The number of halogens is 1. The molecule has 0 aliphatic carbocycles. The van der Waals surface area contributed by atoms with E-state index in [9.17, 15) is 4.39 Å². The maximum atomic E-state index is 13.6. The number of nitrogens with two attached hydrogens (primary N) is 1. The first kappa shape index (κ1) is 11.7. The van der Waals surface area contributed by atoms with E-state index in [0.29, 0.717) is 0 Å². The van der Waals surface area contributed by atoms with Gasteiger partial charge in [-0.2, -0.15) is 0 Å². The molecule has 0 amide bonds. The number of aromatic nitrogens is 2. The number of nitrogen functional groups attached to an aromatic ring is 1.